The minimum absolute atomic E-state index is 0.156. The fourth-order valence-corrected chi connectivity index (χ4v) is 1.54. The van der Waals surface area contributed by atoms with Crippen LogP contribution in [0.15, 0.2) is 18.2 Å². The molecule has 0 saturated carbocycles. The highest BCUT2D eigenvalue weighted by Crippen LogP contribution is 2.11. The standard InChI is InChI=1S/C13H18F2N2O/c1-2-16-7-8-17-13(18)6-3-10-9-11(14)4-5-12(10)15/h4-5,9,16H,2-3,6-8H2,1H3,(H,17,18). The molecule has 1 aromatic rings. The van der Waals surface area contributed by atoms with Crippen LogP contribution in [0.1, 0.15) is 18.9 Å². The Balaban J connectivity index is 2.31. The quantitative estimate of drug-likeness (QED) is 0.728. The molecule has 0 spiro atoms. The van der Waals surface area contributed by atoms with E-state index < -0.39 is 11.6 Å². The van der Waals surface area contributed by atoms with Gasteiger partial charge >= 0.3 is 0 Å². The summed E-state index contributed by atoms with van der Waals surface area (Å²) in [7, 11) is 0. The first-order chi connectivity index (χ1) is 8.63. The number of nitrogens with one attached hydrogen (secondary N) is 2. The van der Waals surface area contributed by atoms with E-state index in [0.29, 0.717) is 13.1 Å². The Morgan fingerprint density at radius 1 is 1.28 bits per heavy atom. The third-order valence-electron chi connectivity index (χ3n) is 2.50. The van der Waals surface area contributed by atoms with Gasteiger partial charge < -0.3 is 10.6 Å². The van der Waals surface area contributed by atoms with Gasteiger partial charge in [-0.3, -0.25) is 4.79 Å². The molecule has 2 N–H and O–H groups in total. The van der Waals surface area contributed by atoms with Crippen molar-refractivity contribution in [3.8, 4) is 0 Å². The molecule has 0 aliphatic carbocycles. The van der Waals surface area contributed by atoms with E-state index in [1.807, 2.05) is 6.92 Å². The maximum atomic E-state index is 13.3. The molecule has 0 aromatic heterocycles. The van der Waals surface area contributed by atoms with Crippen molar-refractivity contribution in [3.05, 3.63) is 35.4 Å². The summed E-state index contributed by atoms with van der Waals surface area (Å²) in [5.41, 5.74) is 0.233. The number of carbonyl (C=O) groups is 1. The molecule has 0 bridgehead atoms. The number of aryl methyl sites for hydroxylation is 1. The summed E-state index contributed by atoms with van der Waals surface area (Å²) in [5, 5.41) is 5.77. The molecule has 18 heavy (non-hydrogen) atoms. The Morgan fingerprint density at radius 3 is 2.78 bits per heavy atom. The lowest BCUT2D eigenvalue weighted by atomic mass is 10.1. The third-order valence-corrected chi connectivity index (χ3v) is 2.50. The lowest BCUT2D eigenvalue weighted by Crippen LogP contribution is -2.31. The minimum atomic E-state index is -0.487. The summed E-state index contributed by atoms with van der Waals surface area (Å²) in [6.45, 7) is 4.08. The summed E-state index contributed by atoms with van der Waals surface area (Å²) in [6, 6.07) is 3.27. The van der Waals surface area contributed by atoms with Gasteiger partial charge in [0.15, 0.2) is 0 Å². The normalized spacial score (nSPS) is 10.4. The molecule has 0 atom stereocenters. The predicted molar refractivity (Wildman–Crippen MR) is 66.2 cm³/mol. The number of hydrogen-bond acceptors (Lipinski definition) is 2. The topological polar surface area (TPSA) is 41.1 Å². The Morgan fingerprint density at radius 2 is 2.06 bits per heavy atom. The number of halogens is 2. The van der Waals surface area contributed by atoms with E-state index in [1.54, 1.807) is 0 Å². The number of rotatable bonds is 7. The number of carbonyl (C=O) groups excluding carboxylic acids is 1. The maximum absolute atomic E-state index is 13.3. The molecule has 0 aliphatic rings. The molecule has 0 unspecified atom stereocenters. The van der Waals surface area contributed by atoms with E-state index in [9.17, 15) is 13.6 Å². The van der Waals surface area contributed by atoms with Gasteiger partial charge in [0, 0.05) is 19.5 Å². The van der Waals surface area contributed by atoms with Gasteiger partial charge in [-0.05, 0) is 36.7 Å². The lowest BCUT2D eigenvalue weighted by Gasteiger charge is -2.06. The first kappa shape index (κ1) is 14.6. The SMILES string of the molecule is CCNCCNC(=O)CCc1cc(F)ccc1F. The van der Waals surface area contributed by atoms with Crippen LogP contribution in [0.5, 0.6) is 0 Å². The zero-order valence-corrected chi connectivity index (χ0v) is 10.4. The van der Waals surface area contributed by atoms with E-state index in [2.05, 4.69) is 10.6 Å². The molecule has 0 fully saturated rings. The highest BCUT2D eigenvalue weighted by molar-refractivity contribution is 5.76. The zero-order valence-electron chi connectivity index (χ0n) is 10.4. The summed E-state index contributed by atoms with van der Waals surface area (Å²) < 4.78 is 26.1. The van der Waals surface area contributed by atoms with Gasteiger partial charge in [0.05, 0.1) is 0 Å². The molecule has 0 radical (unpaired) electrons. The van der Waals surface area contributed by atoms with Crippen molar-refractivity contribution in [2.75, 3.05) is 19.6 Å². The van der Waals surface area contributed by atoms with Crippen LogP contribution >= 0.6 is 0 Å². The lowest BCUT2D eigenvalue weighted by molar-refractivity contribution is -0.121. The first-order valence-corrected chi connectivity index (χ1v) is 6.04. The average molecular weight is 256 g/mol. The second-order valence-electron chi connectivity index (χ2n) is 3.94. The van der Waals surface area contributed by atoms with Gasteiger partial charge in [0.2, 0.25) is 5.91 Å². The number of benzene rings is 1. The van der Waals surface area contributed by atoms with Crippen LogP contribution in [0.3, 0.4) is 0 Å². The summed E-state index contributed by atoms with van der Waals surface area (Å²) in [6.07, 6.45) is 0.364. The van der Waals surface area contributed by atoms with Crippen LogP contribution in [0.2, 0.25) is 0 Å². The van der Waals surface area contributed by atoms with Crippen LogP contribution < -0.4 is 10.6 Å². The minimum Gasteiger partial charge on any atom is -0.355 e. The Hall–Kier alpha value is -1.49. The van der Waals surface area contributed by atoms with Crippen molar-refractivity contribution in [1.29, 1.82) is 0 Å². The average Bonchev–Trinajstić information content (AvgIpc) is 2.36. The predicted octanol–water partition coefficient (Wildman–Crippen LogP) is 1.62. The molecular formula is C13H18F2N2O. The summed E-state index contributed by atoms with van der Waals surface area (Å²) in [5.74, 6) is -1.12. The molecule has 100 valence electrons. The first-order valence-electron chi connectivity index (χ1n) is 6.04. The van der Waals surface area contributed by atoms with Crippen molar-refractivity contribution in [2.24, 2.45) is 0 Å². The van der Waals surface area contributed by atoms with E-state index in [0.717, 1.165) is 24.7 Å². The molecule has 1 amide bonds. The van der Waals surface area contributed by atoms with Crippen LogP contribution in [0, 0.1) is 11.6 Å². The molecule has 5 heteroatoms. The van der Waals surface area contributed by atoms with Crippen molar-refractivity contribution >= 4 is 5.91 Å². The smallest absolute Gasteiger partial charge is 0.220 e. The van der Waals surface area contributed by atoms with Crippen LogP contribution in [0.4, 0.5) is 8.78 Å². The van der Waals surface area contributed by atoms with Crippen molar-refractivity contribution in [2.45, 2.75) is 19.8 Å². The van der Waals surface area contributed by atoms with Crippen LogP contribution in [-0.2, 0) is 11.2 Å². The zero-order chi connectivity index (χ0) is 13.4. The highest BCUT2D eigenvalue weighted by atomic mass is 19.1. The van der Waals surface area contributed by atoms with Crippen molar-refractivity contribution in [1.82, 2.24) is 10.6 Å². The van der Waals surface area contributed by atoms with Crippen LogP contribution in [0.25, 0.3) is 0 Å². The Kier molecular flexibility index (Phi) is 6.28. The highest BCUT2D eigenvalue weighted by Gasteiger charge is 2.07. The molecule has 0 aliphatic heterocycles. The van der Waals surface area contributed by atoms with Gasteiger partial charge in [-0.2, -0.15) is 0 Å². The van der Waals surface area contributed by atoms with E-state index in [1.165, 1.54) is 0 Å². The van der Waals surface area contributed by atoms with Gasteiger partial charge in [-0.25, -0.2) is 8.78 Å². The molecule has 0 heterocycles. The van der Waals surface area contributed by atoms with E-state index >= 15 is 0 Å². The summed E-state index contributed by atoms with van der Waals surface area (Å²) in [4.78, 5) is 11.4. The van der Waals surface area contributed by atoms with Gasteiger partial charge in [0.1, 0.15) is 11.6 Å². The monoisotopic (exact) mass is 256 g/mol. The number of hydrogen-bond donors (Lipinski definition) is 2. The molecular weight excluding hydrogens is 238 g/mol. The Labute approximate surface area is 106 Å². The molecule has 3 nitrogen and oxygen atoms in total. The number of amides is 1. The number of likely N-dealkylation sites (N-methyl/N-ethyl adjacent to an activating group) is 1. The van der Waals surface area contributed by atoms with Crippen LogP contribution in [-0.4, -0.2) is 25.5 Å². The maximum Gasteiger partial charge on any atom is 0.220 e. The van der Waals surface area contributed by atoms with Crippen molar-refractivity contribution < 1.29 is 13.6 Å². The van der Waals surface area contributed by atoms with E-state index in [4.69, 9.17) is 0 Å². The van der Waals surface area contributed by atoms with Crippen molar-refractivity contribution in [3.63, 3.8) is 0 Å². The molecule has 0 saturated heterocycles. The third kappa shape index (κ3) is 5.23. The molecule has 1 aromatic carbocycles. The van der Waals surface area contributed by atoms with Gasteiger partial charge in [-0.15, -0.1) is 0 Å². The van der Waals surface area contributed by atoms with Gasteiger partial charge in [0.25, 0.3) is 0 Å². The fraction of sp³-hybridized carbons (Fsp3) is 0.462. The van der Waals surface area contributed by atoms with Gasteiger partial charge in [-0.1, -0.05) is 6.92 Å². The molecule has 1 rings (SSSR count). The Bertz CT molecular complexity index is 397. The largest absolute Gasteiger partial charge is 0.355 e. The second kappa shape index (κ2) is 7.76. The van der Waals surface area contributed by atoms with E-state index in [-0.39, 0.29) is 24.3 Å². The second-order valence-corrected chi connectivity index (χ2v) is 3.94. The fourth-order valence-electron chi connectivity index (χ4n) is 1.54. The summed E-state index contributed by atoms with van der Waals surface area (Å²) >= 11 is 0.